The van der Waals surface area contributed by atoms with Crippen LogP contribution in [0.1, 0.15) is 36.8 Å². The summed E-state index contributed by atoms with van der Waals surface area (Å²) in [5.74, 6) is 1.06. The maximum Gasteiger partial charge on any atom is 0.222 e. The van der Waals surface area contributed by atoms with E-state index in [2.05, 4.69) is 39.4 Å². The van der Waals surface area contributed by atoms with Crippen molar-refractivity contribution >= 4 is 21.8 Å². The highest BCUT2D eigenvalue weighted by Crippen LogP contribution is 2.27. The van der Waals surface area contributed by atoms with Crippen molar-refractivity contribution in [2.24, 2.45) is 5.92 Å². The molecule has 114 valence electrons. The highest BCUT2D eigenvalue weighted by molar-refractivity contribution is 9.10. The van der Waals surface area contributed by atoms with Crippen LogP contribution >= 0.6 is 15.9 Å². The molecule has 0 saturated carbocycles. The van der Waals surface area contributed by atoms with Gasteiger partial charge in [0.25, 0.3) is 0 Å². The van der Waals surface area contributed by atoms with Gasteiger partial charge in [-0.05, 0) is 61.9 Å². The summed E-state index contributed by atoms with van der Waals surface area (Å²) in [6.07, 6.45) is 5.20. The fourth-order valence-electron chi connectivity index (χ4n) is 3.41. The third kappa shape index (κ3) is 3.67. The van der Waals surface area contributed by atoms with Crippen LogP contribution in [-0.2, 0) is 17.8 Å². The zero-order chi connectivity index (χ0) is 14.7. The van der Waals surface area contributed by atoms with Crippen LogP contribution in [0, 0.1) is 5.92 Å². The first-order chi connectivity index (χ1) is 10.2. The summed E-state index contributed by atoms with van der Waals surface area (Å²) >= 11 is 3.62. The quantitative estimate of drug-likeness (QED) is 0.908. The molecule has 0 unspecified atom stereocenters. The molecule has 2 aliphatic rings. The van der Waals surface area contributed by atoms with Crippen molar-refractivity contribution in [2.75, 3.05) is 19.6 Å². The Labute approximate surface area is 135 Å². The second kappa shape index (κ2) is 6.93. The van der Waals surface area contributed by atoms with E-state index in [1.165, 1.54) is 24.0 Å². The summed E-state index contributed by atoms with van der Waals surface area (Å²) in [5, 5.41) is 3.38. The molecule has 1 amide bonds. The third-order valence-corrected chi connectivity index (χ3v) is 5.54. The lowest BCUT2D eigenvalue weighted by molar-refractivity contribution is -0.132. The zero-order valence-electron chi connectivity index (χ0n) is 12.4. The summed E-state index contributed by atoms with van der Waals surface area (Å²) in [4.78, 5) is 14.5. The Hall–Kier alpha value is -0.870. The van der Waals surface area contributed by atoms with Gasteiger partial charge < -0.3 is 10.2 Å². The Kier molecular flexibility index (Phi) is 4.96. The summed E-state index contributed by atoms with van der Waals surface area (Å²) in [7, 11) is 0. The van der Waals surface area contributed by atoms with Crippen molar-refractivity contribution in [1.82, 2.24) is 10.2 Å². The van der Waals surface area contributed by atoms with Crippen LogP contribution in [0.5, 0.6) is 0 Å². The molecule has 0 radical (unpaired) electrons. The van der Waals surface area contributed by atoms with E-state index in [-0.39, 0.29) is 0 Å². The average Bonchev–Trinajstić information content (AvgIpc) is 2.54. The molecule has 0 aliphatic carbocycles. The van der Waals surface area contributed by atoms with E-state index in [4.69, 9.17) is 0 Å². The second-order valence-electron chi connectivity index (χ2n) is 6.17. The van der Waals surface area contributed by atoms with Crippen molar-refractivity contribution in [2.45, 2.75) is 38.6 Å². The van der Waals surface area contributed by atoms with Crippen molar-refractivity contribution in [3.8, 4) is 0 Å². The largest absolute Gasteiger partial charge is 0.338 e. The normalized spacial score (nSPS) is 19.4. The number of amides is 1. The molecule has 2 aliphatic heterocycles. The van der Waals surface area contributed by atoms with Gasteiger partial charge in [-0.15, -0.1) is 0 Å². The predicted molar refractivity (Wildman–Crippen MR) is 88.1 cm³/mol. The second-order valence-corrected chi connectivity index (χ2v) is 7.03. The van der Waals surface area contributed by atoms with Crippen molar-refractivity contribution in [1.29, 1.82) is 0 Å². The van der Waals surface area contributed by atoms with E-state index in [0.29, 0.717) is 12.3 Å². The van der Waals surface area contributed by atoms with Gasteiger partial charge in [0.1, 0.15) is 0 Å². The van der Waals surface area contributed by atoms with Gasteiger partial charge in [-0.1, -0.05) is 28.1 Å². The molecule has 21 heavy (non-hydrogen) atoms. The molecular weight excluding hydrogens is 328 g/mol. The van der Waals surface area contributed by atoms with E-state index in [0.717, 1.165) is 49.4 Å². The number of halogens is 1. The zero-order valence-corrected chi connectivity index (χ0v) is 14.0. The van der Waals surface area contributed by atoms with E-state index in [1.54, 1.807) is 0 Å². The first kappa shape index (κ1) is 15.0. The standard InChI is InChI=1S/C17H23BrN2O/c18-16-3-1-2-14-8-11-20(12-15(14)16)17(21)5-4-13-6-9-19-10-7-13/h1-3,13,19H,4-12H2. The molecule has 0 aromatic heterocycles. The number of rotatable bonds is 3. The van der Waals surface area contributed by atoms with Gasteiger partial charge in [0.15, 0.2) is 0 Å². The highest BCUT2D eigenvalue weighted by Gasteiger charge is 2.23. The Bertz CT molecular complexity index is 512. The van der Waals surface area contributed by atoms with E-state index in [1.807, 2.05) is 4.90 Å². The lowest BCUT2D eigenvalue weighted by atomic mass is 9.92. The van der Waals surface area contributed by atoms with Gasteiger partial charge in [0, 0.05) is 24.0 Å². The minimum atomic E-state index is 0.329. The summed E-state index contributed by atoms with van der Waals surface area (Å²) in [6, 6.07) is 6.33. The van der Waals surface area contributed by atoms with Gasteiger partial charge in [0.05, 0.1) is 0 Å². The maximum atomic E-state index is 12.5. The summed E-state index contributed by atoms with van der Waals surface area (Å²) in [5.41, 5.74) is 2.67. The van der Waals surface area contributed by atoms with Gasteiger partial charge in [-0.2, -0.15) is 0 Å². The third-order valence-electron chi connectivity index (χ3n) is 4.79. The number of carbonyl (C=O) groups excluding carboxylic acids is 1. The number of piperidine rings is 1. The molecule has 0 bridgehead atoms. The van der Waals surface area contributed by atoms with Crippen LogP contribution in [-0.4, -0.2) is 30.4 Å². The van der Waals surface area contributed by atoms with Crippen molar-refractivity contribution < 1.29 is 4.79 Å². The Balaban J connectivity index is 1.55. The first-order valence-corrected chi connectivity index (χ1v) is 8.78. The van der Waals surface area contributed by atoms with Crippen LogP contribution in [0.25, 0.3) is 0 Å². The molecule has 3 nitrogen and oxygen atoms in total. The molecule has 0 atom stereocenters. The SMILES string of the molecule is O=C(CCC1CCNCC1)N1CCc2cccc(Br)c2C1. The maximum absolute atomic E-state index is 12.5. The number of fused-ring (bicyclic) bond motifs is 1. The number of carbonyl (C=O) groups is 1. The smallest absolute Gasteiger partial charge is 0.222 e. The minimum Gasteiger partial charge on any atom is -0.338 e. The van der Waals surface area contributed by atoms with Gasteiger partial charge in [-0.3, -0.25) is 4.79 Å². The topological polar surface area (TPSA) is 32.3 Å². The average molecular weight is 351 g/mol. The van der Waals surface area contributed by atoms with Gasteiger partial charge >= 0.3 is 0 Å². The van der Waals surface area contributed by atoms with Crippen LogP contribution in [0.15, 0.2) is 22.7 Å². The fraction of sp³-hybridized carbons (Fsp3) is 0.588. The molecule has 1 aromatic rings. The van der Waals surface area contributed by atoms with Gasteiger partial charge in [-0.25, -0.2) is 0 Å². The number of hydrogen-bond donors (Lipinski definition) is 1. The van der Waals surface area contributed by atoms with Crippen LogP contribution in [0.2, 0.25) is 0 Å². The van der Waals surface area contributed by atoms with Crippen LogP contribution < -0.4 is 5.32 Å². The number of nitrogens with one attached hydrogen (secondary N) is 1. The molecule has 1 N–H and O–H groups in total. The fourth-order valence-corrected chi connectivity index (χ4v) is 3.94. The van der Waals surface area contributed by atoms with Gasteiger partial charge in [0.2, 0.25) is 5.91 Å². The lowest BCUT2D eigenvalue weighted by Crippen LogP contribution is -2.36. The van der Waals surface area contributed by atoms with E-state index in [9.17, 15) is 4.79 Å². The number of benzene rings is 1. The Morgan fingerprint density at radius 2 is 2.14 bits per heavy atom. The van der Waals surface area contributed by atoms with E-state index < -0.39 is 0 Å². The highest BCUT2D eigenvalue weighted by atomic mass is 79.9. The molecule has 1 fully saturated rings. The molecule has 1 saturated heterocycles. The molecule has 4 heteroatoms. The molecule has 0 spiro atoms. The van der Waals surface area contributed by atoms with Crippen molar-refractivity contribution in [3.05, 3.63) is 33.8 Å². The van der Waals surface area contributed by atoms with Crippen molar-refractivity contribution in [3.63, 3.8) is 0 Å². The number of hydrogen-bond acceptors (Lipinski definition) is 2. The molecular formula is C17H23BrN2O. The molecule has 1 aromatic carbocycles. The monoisotopic (exact) mass is 350 g/mol. The predicted octanol–water partition coefficient (Wildman–Crippen LogP) is 3.11. The molecule has 2 heterocycles. The summed E-state index contributed by atoms with van der Waals surface area (Å²) < 4.78 is 1.14. The molecule has 3 rings (SSSR count). The Morgan fingerprint density at radius 3 is 2.95 bits per heavy atom. The first-order valence-electron chi connectivity index (χ1n) is 7.99. The lowest BCUT2D eigenvalue weighted by Gasteiger charge is -2.30. The Morgan fingerprint density at radius 1 is 1.33 bits per heavy atom. The summed E-state index contributed by atoms with van der Waals surface area (Å²) in [6.45, 7) is 3.86. The van der Waals surface area contributed by atoms with E-state index >= 15 is 0 Å². The number of nitrogens with zero attached hydrogens (tertiary/aromatic N) is 1. The van der Waals surface area contributed by atoms with Crippen LogP contribution in [0.4, 0.5) is 0 Å². The van der Waals surface area contributed by atoms with Crippen LogP contribution in [0.3, 0.4) is 0 Å². The minimum absolute atomic E-state index is 0.329.